The Bertz CT molecular complexity index is 1750. The molecule has 0 N–H and O–H groups in total. The summed E-state index contributed by atoms with van der Waals surface area (Å²) >= 11 is 0. The summed E-state index contributed by atoms with van der Waals surface area (Å²) < 4.78 is 72.7. The average Bonchev–Trinajstić information content (AvgIpc) is 3.66. The molecule has 4 fully saturated rings. The van der Waals surface area contributed by atoms with Gasteiger partial charge in [0.05, 0.1) is 42.2 Å². The van der Waals surface area contributed by atoms with E-state index in [0.717, 1.165) is 92.9 Å². The molecule has 2 aromatic rings. The monoisotopic (exact) mass is 957 g/mol. The molecule has 3 aliphatic heterocycles. The minimum Gasteiger partial charge on any atom is -0.414 e. The number of allylic oxidation sites excluding steroid dienone is 2. The van der Waals surface area contributed by atoms with E-state index in [4.69, 9.17) is 27.5 Å². The molecule has 0 amide bonds. The maximum Gasteiger partial charge on any atom is 0.282 e. The van der Waals surface area contributed by atoms with Crippen molar-refractivity contribution in [2.45, 2.75) is 209 Å². The number of benzene rings is 2. The Morgan fingerprint density at radius 1 is 0.688 bits per heavy atom. The zero-order valence-electron chi connectivity index (χ0n) is 41.7. The summed E-state index contributed by atoms with van der Waals surface area (Å²) in [5, 5.41) is -0.711. The Morgan fingerprint density at radius 2 is 1.19 bits per heavy atom. The fourth-order valence-electron chi connectivity index (χ4n) is 11.0. The Morgan fingerprint density at radius 3 is 1.70 bits per heavy atom. The highest BCUT2D eigenvalue weighted by molar-refractivity contribution is 7.92. The lowest BCUT2D eigenvalue weighted by atomic mass is 9.85. The summed E-state index contributed by atoms with van der Waals surface area (Å²) in [7, 11) is -10.3. The molecule has 3 heterocycles. The zero-order chi connectivity index (χ0) is 46.5. The Balaban J connectivity index is 1.60. The van der Waals surface area contributed by atoms with Gasteiger partial charge >= 0.3 is 0 Å². The highest BCUT2D eigenvalue weighted by Gasteiger charge is 2.55. The molecule has 8 nitrogen and oxygen atoms in total. The smallest absolute Gasteiger partial charge is 0.282 e. The first kappa shape index (κ1) is 53.5. The molecule has 0 aromatic heterocycles. The molecule has 2 bridgehead atoms. The maximum atomic E-state index is 15.8. The van der Waals surface area contributed by atoms with Gasteiger partial charge in [0.15, 0.2) is 34.8 Å². The van der Waals surface area contributed by atoms with Crippen molar-refractivity contribution in [3.8, 4) is 0 Å². The Kier molecular flexibility index (Phi) is 20.2. The van der Waals surface area contributed by atoms with Gasteiger partial charge in [-0.3, -0.25) is 0 Å². The molecule has 6 rings (SSSR count). The van der Waals surface area contributed by atoms with Crippen LogP contribution in [0.2, 0.25) is 54.4 Å². The molecule has 4 aliphatic rings. The van der Waals surface area contributed by atoms with E-state index in [1.165, 1.54) is 5.56 Å². The molecule has 1 aliphatic carbocycles. The van der Waals surface area contributed by atoms with E-state index < -0.39 is 46.0 Å². The van der Waals surface area contributed by atoms with Gasteiger partial charge in [-0.05, 0) is 123 Å². The van der Waals surface area contributed by atoms with Crippen LogP contribution in [0.5, 0.6) is 0 Å². The number of hydrogen-bond donors (Lipinski definition) is 0. The van der Waals surface area contributed by atoms with Crippen LogP contribution in [0.25, 0.3) is 0 Å². The van der Waals surface area contributed by atoms with Crippen LogP contribution in [0, 0.1) is 17.3 Å². The molecule has 3 saturated heterocycles. The molecule has 362 valence electrons. The third-order valence-electron chi connectivity index (χ3n) is 16.2. The Labute approximate surface area is 393 Å². The molecule has 1 saturated carbocycles. The first-order valence-electron chi connectivity index (χ1n) is 25.6. The normalized spacial score (nSPS) is 26.5. The lowest BCUT2D eigenvalue weighted by molar-refractivity contribution is -0.467. The van der Waals surface area contributed by atoms with Crippen molar-refractivity contribution in [2.24, 2.45) is 17.3 Å². The first-order chi connectivity index (χ1) is 30.7. The van der Waals surface area contributed by atoms with Gasteiger partial charge in [0.1, 0.15) is 0 Å². The molecule has 0 radical (unpaired) electrons. The fraction of sp³-hybridized carbons (Fsp3) is 0.731. The maximum absolute atomic E-state index is 15.8. The number of rotatable bonds is 29. The third-order valence-corrected chi connectivity index (χ3v) is 32.5. The second-order valence-electron chi connectivity index (χ2n) is 19.9. The van der Waals surface area contributed by atoms with Crippen LogP contribution in [0.1, 0.15) is 120 Å². The number of fused-ring (bicyclic) bond motifs is 3. The van der Waals surface area contributed by atoms with Gasteiger partial charge in [0.25, 0.3) is 5.97 Å². The summed E-state index contributed by atoms with van der Waals surface area (Å²) in [4.78, 5) is 0.394. The SMILES string of the molecule is CC[Si](CC)(CC)O[C@@H](CCc1ccccc1)C[C@@H]([C@@H]1[C@@H](CC=CCCCC23OCC(C)(CO2)CO3)[C@@H](O[Si](CC)(CC)CC)C[C@H]1O[Si](CC)(CC)CC)S(=O)(=O)c1ccccc1. The van der Waals surface area contributed by atoms with Crippen LogP contribution in [-0.4, -0.2) is 82.7 Å². The van der Waals surface area contributed by atoms with Gasteiger partial charge in [0.2, 0.25) is 0 Å². The lowest BCUT2D eigenvalue weighted by Gasteiger charge is -2.50. The summed E-state index contributed by atoms with van der Waals surface area (Å²) in [5.41, 5.74) is 1.20. The molecule has 0 unspecified atom stereocenters. The molecule has 0 spiro atoms. The van der Waals surface area contributed by atoms with Crippen LogP contribution in [0.15, 0.2) is 77.7 Å². The average molecular weight is 958 g/mol. The van der Waals surface area contributed by atoms with Crippen molar-refractivity contribution in [1.29, 1.82) is 0 Å². The predicted molar refractivity (Wildman–Crippen MR) is 271 cm³/mol. The van der Waals surface area contributed by atoms with E-state index in [2.05, 4.69) is 112 Å². The van der Waals surface area contributed by atoms with Crippen LogP contribution in [0.4, 0.5) is 0 Å². The number of hydrogen-bond acceptors (Lipinski definition) is 8. The van der Waals surface area contributed by atoms with Gasteiger partial charge in [-0.15, -0.1) is 0 Å². The first-order valence-corrected chi connectivity index (χ1v) is 34.8. The molecule has 64 heavy (non-hydrogen) atoms. The van der Waals surface area contributed by atoms with Gasteiger partial charge in [-0.1, -0.05) is 130 Å². The molecule has 6 atom stereocenters. The van der Waals surface area contributed by atoms with Crippen molar-refractivity contribution in [3.63, 3.8) is 0 Å². The van der Waals surface area contributed by atoms with E-state index in [0.29, 0.717) is 37.6 Å². The highest BCUT2D eigenvalue weighted by Crippen LogP contribution is 2.49. The topological polar surface area (TPSA) is 89.5 Å². The summed E-state index contributed by atoms with van der Waals surface area (Å²) in [6.07, 6.45) is 9.99. The van der Waals surface area contributed by atoms with Crippen molar-refractivity contribution in [1.82, 2.24) is 0 Å². The molecular formula is C52H88O8SSi3. The van der Waals surface area contributed by atoms with E-state index in [9.17, 15) is 0 Å². The summed E-state index contributed by atoms with van der Waals surface area (Å²) in [5.74, 6) is -1.24. The fourth-order valence-corrected chi connectivity index (χ4v) is 21.9. The van der Waals surface area contributed by atoms with E-state index in [-0.39, 0.29) is 35.6 Å². The standard InChI is InChI=1S/C52H88O8SSi3/c1-11-62(12-2,13-3)58-44(36-35-43-30-24-22-25-31-43)38-49(61(53,54)45-32-26-23-27-33-45)50-46(34-28-20-21-29-37-52-55-40-51(10,41-56-52)42-57-52)47(59-63(14-4,15-5)16-6)39-48(50)60-64(17-7,18-8)19-9/h20,22-28,30-33,44,46-50H,11-19,21,29,34-42H2,1-10H3/t44-,46-,47-,48+,49-,50+,51?,52?/m0/s1. The van der Waals surface area contributed by atoms with Crippen molar-refractivity contribution < 1.29 is 35.9 Å². The minimum absolute atomic E-state index is 0.0400. The quantitative estimate of drug-likeness (QED) is 0.0453. The van der Waals surface area contributed by atoms with Crippen LogP contribution < -0.4 is 0 Å². The number of sulfone groups is 1. The number of aryl methyl sites for hydroxylation is 1. The lowest BCUT2D eigenvalue weighted by Crippen LogP contribution is -2.58. The van der Waals surface area contributed by atoms with Gasteiger partial charge in [-0.2, -0.15) is 0 Å². The van der Waals surface area contributed by atoms with E-state index in [1.807, 2.05) is 18.2 Å². The summed E-state index contributed by atoms with van der Waals surface area (Å²) in [6, 6.07) is 29.1. The molecule has 12 heteroatoms. The van der Waals surface area contributed by atoms with Gasteiger partial charge < -0.3 is 27.5 Å². The summed E-state index contributed by atoms with van der Waals surface area (Å²) in [6.45, 7) is 24.7. The highest BCUT2D eigenvalue weighted by atomic mass is 32.2. The second kappa shape index (κ2) is 24.2. The van der Waals surface area contributed by atoms with Crippen molar-refractivity contribution in [3.05, 3.63) is 78.4 Å². The van der Waals surface area contributed by atoms with E-state index >= 15 is 8.42 Å². The number of unbranched alkanes of at least 4 members (excludes halogenated alkanes) is 1. The van der Waals surface area contributed by atoms with Crippen LogP contribution >= 0.6 is 0 Å². The van der Waals surface area contributed by atoms with Crippen molar-refractivity contribution in [2.75, 3.05) is 19.8 Å². The van der Waals surface area contributed by atoms with Crippen LogP contribution in [-0.2, 0) is 43.7 Å². The molecule has 2 aromatic carbocycles. The van der Waals surface area contributed by atoms with Gasteiger partial charge in [0, 0.05) is 23.9 Å². The van der Waals surface area contributed by atoms with Crippen molar-refractivity contribution >= 4 is 34.8 Å². The predicted octanol–water partition coefficient (Wildman–Crippen LogP) is 13.5. The largest absolute Gasteiger partial charge is 0.414 e. The second-order valence-corrected chi connectivity index (χ2v) is 36.2. The number of ether oxygens (including phenoxy) is 3. The Hall–Kier alpha value is -1.46. The molecular weight excluding hydrogens is 869 g/mol. The third kappa shape index (κ3) is 13.0. The zero-order valence-corrected chi connectivity index (χ0v) is 45.5. The van der Waals surface area contributed by atoms with E-state index in [1.54, 1.807) is 12.1 Å². The van der Waals surface area contributed by atoms with Gasteiger partial charge in [-0.25, -0.2) is 8.42 Å². The minimum atomic E-state index is -3.86. The van der Waals surface area contributed by atoms with Crippen LogP contribution in [0.3, 0.4) is 0 Å².